The molecule has 1 aromatic heterocycles. The number of aryl methyl sites for hydroxylation is 1. The average Bonchev–Trinajstić information content (AvgIpc) is 3.53. The molecule has 2 heterocycles. The van der Waals surface area contributed by atoms with E-state index in [1.807, 2.05) is 81.6 Å². The Kier molecular flexibility index (Phi) is 7.64. The minimum Gasteiger partial charge on any atom is -0.491 e. The number of aromatic nitrogens is 2. The van der Waals surface area contributed by atoms with E-state index in [1.165, 1.54) is 0 Å². The molecule has 0 saturated carbocycles. The van der Waals surface area contributed by atoms with Gasteiger partial charge in [-0.25, -0.2) is 4.68 Å². The van der Waals surface area contributed by atoms with Gasteiger partial charge in [-0.15, -0.1) is 0 Å². The molecule has 1 fully saturated rings. The maximum absolute atomic E-state index is 12.8. The summed E-state index contributed by atoms with van der Waals surface area (Å²) in [6.07, 6.45) is 5.41. The first-order valence-electron chi connectivity index (χ1n) is 11.9. The molecular formula is C28H30N4O3. The lowest BCUT2D eigenvalue weighted by Crippen LogP contribution is -2.32. The van der Waals surface area contributed by atoms with E-state index in [0.29, 0.717) is 24.4 Å². The number of hydrogen-bond acceptors (Lipinski definition) is 5. The molecule has 1 atom stereocenters. The number of nitrogens with zero attached hydrogens (tertiary/aromatic N) is 3. The largest absolute Gasteiger partial charge is 0.491 e. The van der Waals surface area contributed by atoms with Crippen LogP contribution >= 0.6 is 0 Å². The number of rotatable bonds is 8. The number of benzene rings is 2. The van der Waals surface area contributed by atoms with E-state index in [1.54, 1.807) is 10.8 Å². The standard InChI is InChI=1S/C28H30N4O3/c1-19(2)35-26-12-11-21(14-20(26)3)27-23(18-32(31-27)24-8-5-4-6-9-24)15-22(16-29)28(33)30-17-25-10-7-13-34-25/h4-6,8-9,11-12,14-15,18-19,25H,7,10,13,17H2,1-3H3,(H,30,33)/b22-15-/t25-/m1/s1. The van der Waals surface area contributed by atoms with Gasteiger partial charge in [0, 0.05) is 30.5 Å². The second-order valence-electron chi connectivity index (χ2n) is 8.87. The summed E-state index contributed by atoms with van der Waals surface area (Å²) in [5, 5.41) is 17.4. The quantitative estimate of drug-likeness (QED) is 0.376. The van der Waals surface area contributed by atoms with Gasteiger partial charge in [0.05, 0.1) is 17.9 Å². The topological polar surface area (TPSA) is 89.2 Å². The molecule has 0 aliphatic carbocycles. The van der Waals surface area contributed by atoms with Gasteiger partial charge < -0.3 is 14.8 Å². The highest BCUT2D eigenvalue weighted by atomic mass is 16.5. The number of para-hydroxylation sites is 1. The summed E-state index contributed by atoms with van der Waals surface area (Å²) < 4.78 is 13.2. The molecule has 0 bridgehead atoms. The minimum absolute atomic E-state index is 0.00447. The van der Waals surface area contributed by atoms with Crippen LogP contribution in [0.4, 0.5) is 0 Å². The molecule has 7 nitrogen and oxygen atoms in total. The van der Waals surface area contributed by atoms with Gasteiger partial charge in [-0.3, -0.25) is 4.79 Å². The highest BCUT2D eigenvalue weighted by Gasteiger charge is 2.19. The van der Waals surface area contributed by atoms with Crippen molar-refractivity contribution in [3.05, 3.63) is 71.4 Å². The van der Waals surface area contributed by atoms with Gasteiger partial charge in [-0.2, -0.15) is 10.4 Å². The molecule has 3 aromatic rings. The van der Waals surface area contributed by atoms with E-state index >= 15 is 0 Å². The molecule has 1 amide bonds. The van der Waals surface area contributed by atoms with Gasteiger partial charge >= 0.3 is 0 Å². The number of nitrogens with one attached hydrogen (secondary N) is 1. The Labute approximate surface area is 206 Å². The molecule has 180 valence electrons. The number of nitriles is 1. The van der Waals surface area contributed by atoms with E-state index in [9.17, 15) is 10.1 Å². The Hall–Kier alpha value is -3.89. The SMILES string of the molecule is Cc1cc(-c2nn(-c3ccccc3)cc2/C=C(/C#N)C(=O)NC[C@H]2CCCO2)ccc1OC(C)C. The third kappa shape index (κ3) is 5.97. The lowest BCUT2D eigenvalue weighted by atomic mass is 10.0. The van der Waals surface area contributed by atoms with Crippen molar-refractivity contribution in [1.29, 1.82) is 5.26 Å². The lowest BCUT2D eigenvalue weighted by molar-refractivity contribution is -0.117. The van der Waals surface area contributed by atoms with E-state index in [4.69, 9.17) is 14.6 Å². The van der Waals surface area contributed by atoms with Gasteiger partial charge in [0.1, 0.15) is 23.1 Å². The average molecular weight is 471 g/mol. The smallest absolute Gasteiger partial charge is 0.262 e. The zero-order chi connectivity index (χ0) is 24.8. The summed E-state index contributed by atoms with van der Waals surface area (Å²) in [6.45, 7) is 7.08. The minimum atomic E-state index is -0.418. The van der Waals surface area contributed by atoms with Crippen molar-refractivity contribution in [2.75, 3.05) is 13.2 Å². The maximum atomic E-state index is 12.8. The molecule has 4 rings (SSSR count). The number of amides is 1. The van der Waals surface area contributed by atoms with Crippen LogP contribution in [0.3, 0.4) is 0 Å². The van der Waals surface area contributed by atoms with Crippen molar-refractivity contribution >= 4 is 12.0 Å². The van der Waals surface area contributed by atoms with E-state index in [-0.39, 0.29) is 17.8 Å². The summed E-state index contributed by atoms with van der Waals surface area (Å²) in [4.78, 5) is 12.8. The summed E-state index contributed by atoms with van der Waals surface area (Å²) in [5.41, 5.74) is 4.11. The highest BCUT2D eigenvalue weighted by Crippen LogP contribution is 2.30. The molecule has 35 heavy (non-hydrogen) atoms. The third-order valence-corrected chi connectivity index (χ3v) is 5.75. The first-order valence-corrected chi connectivity index (χ1v) is 11.9. The van der Waals surface area contributed by atoms with Crippen LogP contribution in [-0.4, -0.2) is 41.0 Å². The Morgan fingerprint density at radius 2 is 2.11 bits per heavy atom. The zero-order valence-corrected chi connectivity index (χ0v) is 20.3. The van der Waals surface area contributed by atoms with Crippen molar-refractivity contribution in [2.24, 2.45) is 0 Å². The zero-order valence-electron chi connectivity index (χ0n) is 20.3. The fraction of sp³-hybridized carbons (Fsp3) is 0.321. The Morgan fingerprint density at radius 1 is 1.31 bits per heavy atom. The van der Waals surface area contributed by atoms with Crippen LogP contribution in [0, 0.1) is 18.3 Å². The molecule has 7 heteroatoms. The number of hydrogen-bond donors (Lipinski definition) is 1. The number of carbonyl (C=O) groups is 1. The van der Waals surface area contributed by atoms with Crippen LogP contribution in [0.5, 0.6) is 5.75 Å². The summed E-state index contributed by atoms with van der Waals surface area (Å²) in [6, 6.07) is 17.7. The van der Waals surface area contributed by atoms with Gasteiger partial charge in [0.2, 0.25) is 0 Å². The van der Waals surface area contributed by atoms with Crippen LogP contribution in [0.1, 0.15) is 37.8 Å². The van der Waals surface area contributed by atoms with E-state index in [2.05, 4.69) is 5.32 Å². The molecule has 0 radical (unpaired) electrons. The Bertz CT molecular complexity index is 1250. The first-order chi connectivity index (χ1) is 16.9. The molecule has 0 spiro atoms. The van der Waals surface area contributed by atoms with Crippen molar-refractivity contribution in [3.63, 3.8) is 0 Å². The van der Waals surface area contributed by atoms with Gasteiger partial charge in [0.25, 0.3) is 5.91 Å². The van der Waals surface area contributed by atoms with Crippen LogP contribution in [0.15, 0.2) is 60.3 Å². The van der Waals surface area contributed by atoms with Crippen LogP contribution in [-0.2, 0) is 9.53 Å². The van der Waals surface area contributed by atoms with E-state index in [0.717, 1.165) is 35.4 Å². The van der Waals surface area contributed by atoms with Gasteiger partial charge in [-0.1, -0.05) is 18.2 Å². The maximum Gasteiger partial charge on any atom is 0.262 e. The van der Waals surface area contributed by atoms with Crippen LogP contribution in [0.2, 0.25) is 0 Å². The summed E-state index contributed by atoms with van der Waals surface area (Å²) >= 11 is 0. The molecule has 1 saturated heterocycles. The second-order valence-corrected chi connectivity index (χ2v) is 8.87. The molecule has 0 unspecified atom stereocenters. The monoisotopic (exact) mass is 470 g/mol. The number of carbonyl (C=O) groups excluding carboxylic acids is 1. The Morgan fingerprint density at radius 3 is 2.77 bits per heavy atom. The first kappa shape index (κ1) is 24.2. The molecule has 2 aromatic carbocycles. The Balaban J connectivity index is 1.69. The van der Waals surface area contributed by atoms with Gasteiger partial charge in [-0.05, 0) is 75.6 Å². The molecule has 1 N–H and O–H groups in total. The molecular weight excluding hydrogens is 440 g/mol. The summed E-state index contributed by atoms with van der Waals surface area (Å²) in [7, 11) is 0. The molecule has 1 aliphatic rings. The summed E-state index contributed by atoms with van der Waals surface area (Å²) in [5.74, 6) is 0.396. The fourth-order valence-electron chi connectivity index (χ4n) is 4.02. The predicted octanol–water partition coefficient (Wildman–Crippen LogP) is 4.84. The lowest BCUT2D eigenvalue weighted by Gasteiger charge is -2.13. The van der Waals surface area contributed by atoms with Crippen molar-refractivity contribution < 1.29 is 14.3 Å². The van der Waals surface area contributed by atoms with E-state index < -0.39 is 5.91 Å². The van der Waals surface area contributed by atoms with Crippen molar-refractivity contribution in [2.45, 2.75) is 45.8 Å². The van der Waals surface area contributed by atoms with Crippen LogP contribution < -0.4 is 10.1 Å². The van der Waals surface area contributed by atoms with Crippen molar-refractivity contribution in [3.8, 4) is 28.8 Å². The predicted molar refractivity (Wildman–Crippen MR) is 135 cm³/mol. The van der Waals surface area contributed by atoms with Gasteiger partial charge in [0.15, 0.2) is 0 Å². The van der Waals surface area contributed by atoms with Crippen LogP contribution in [0.25, 0.3) is 23.0 Å². The molecule has 1 aliphatic heterocycles. The second kappa shape index (κ2) is 11.0. The third-order valence-electron chi connectivity index (χ3n) is 5.75. The fourth-order valence-corrected chi connectivity index (χ4v) is 4.02. The van der Waals surface area contributed by atoms with Crippen molar-refractivity contribution in [1.82, 2.24) is 15.1 Å². The highest BCUT2D eigenvalue weighted by molar-refractivity contribution is 6.02. The number of ether oxygens (including phenoxy) is 2. The normalized spacial score (nSPS) is 15.7.